The zero-order valence-electron chi connectivity index (χ0n) is 7.60. The van der Waals surface area contributed by atoms with Gasteiger partial charge < -0.3 is 0 Å². The van der Waals surface area contributed by atoms with E-state index >= 15 is 0 Å². The lowest BCUT2D eigenvalue weighted by Gasteiger charge is -2.15. The first-order chi connectivity index (χ1) is 5.20. The summed E-state index contributed by atoms with van der Waals surface area (Å²) in [6.45, 7) is 8.38. The maximum Gasteiger partial charge on any atom is 0.0225 e. The van der Waals surface area contributed by atoms with Gasteiger partial charge in [-0.3, -0.25) is 0 Å². The van der Waals surface area contributed by atoms with Crippen molar-refractivity contribution in [3.63, 3.8) is 0 Å². The van der Waals surface area contributed by atoms with Gasteiger partial charge in [-0.15, -0.1) is 0 Å². The summed E-state index contributed by atoms with van der Waals surface area (Å²) in [5.41, 5.74) is 1.32. The van der Waals surface area contributed by atoms with Crippen molar-refractivity contribution in [2.45, 2.75) is 50.0 Å². The highest BCUT2D eigenvalue weighted by molar-refractivity contribution is 8.00. The summed E-state index contributed by atoms with van der Waals surface area (Å²) in [5, 5.41) is 1.60. The van der Waals surface area contributed by atoms with E-state index in [9.17, 15) is 0 Å². The predicted octanol–water partition coefficient (Wildman–Crippen LogP) is 3.63. The summed E-state index contributed by atoms with van der Waals surface area (Å²) in [6, 6.07) is 0. The van der Waals surface area contributed by atoms with Crippen LogP contribution in [0.3, 0.4) is 0 Å². The van der Waals surface area contributed by atoms with E-state index < -0.39 is 0 Å². The minimum atomic E-state index is 0.665. The molecule has 1 aliphatic rings. The van der Waals surface area contributed by atoms with Crippen LogP contribution in [0.1, 0.15) is 39.5 Å². The first-order valence-electron chi connectivity index (χ1n) is 4.51. The quantitative estimate of drug-likeness (QED) is 0.583. The second kappa shape index (κ2) is 4.20. The van der Waals surface area contributed by atoms with Gasteiger partial charge in [0.1, 0.15) is 0 Å². The van der Waals surface area contributed by atoms with Gasteiger partial charge >= 0.3 is 0 Å². The van der Waals surface area contributed by atoms with Crippen molar-refractivity contribution in [3.05, 3.63) is 12.2 Å². The van der Waals surface area contributed by atoms with E-state index in [0.29, 0.717) is 5.25 Å². The molecule has 0 saturated heterocycles. The largest absolute Gasteiger partial charge is 0.151 e. The van der Waals surface area contributed by atoms with Gasteiger partial charge in [0.2, 0.25) is 0 Å². The van der Waals surface area contributed by atoms with Gasteiger partial charge in [0.25, 0.3) is 0 Å². The fraction of sp³-hybridized carbons (Fsp3) is 0.800. The lowest BCUT2D eigenvalue weighted by atomic mass is 10.3. The van der Waals surface area contributed by atoms with E-state index in [1.807, 2.05) is 0 Å². The lowest BCUT2D eigenvalue weighted by molar-refractivity contribution is 0.886. The molecule has 0 spiro atoms. The third kappa shape index (κ3) is 2.90. The summed E-state index contributed by atoms with van der Waals surface area (Å²) < 4.78 is 0. The zero-order valence-corrected chi connectivity index (χ0v) is 8.41. The van der Waals surface area contributed by atoms with Crippen LogP contribution >= 0.6 is 11.8 Å². The number of thioether (sulfide) groups is 1. The van der Waals surface area contributed by atoms with Crippen LogP contribution in [0.15, 0.2) is 12.2 Å². The molecule has 1 rings (SSSR count). The van der Waals surface area contributed by atoms with Gasteiger partial charge in [-0.1, -0.05) is 25.0 Å². The summed E-state index contributed by atoms with van der Waals surface area (Å²) in [7, 11) is 0. The number of rotatable bonds is 3. The fourth-order valence-corrected chi connectivity index (χ4v) is 2.84. The summed E-state index contributed by atoms with van der Waals surface area (Å²) in [6.07, 6.45) is 5.76. The molecule has 1 atom stereocenters. The van der Waals surface area contributed by atoms with Crippen molar-refractivity contribution in [1.82, 2.24) is 0 Å². The van der Waals surface area contributed by atoms with Crippen molar-refractivity contribution >= 4 is 11.8 Å². The molecule has 0 aromatic heterocycles. The van der Waals surface area contributed by atoms with E-state index in [1.165, 1.54) is 31.3 Å². The van der Waals surface area contributed by atoms with Crippen LogP contribution in [-0.4, -0.2) is 10.5 Å². The van der Waals surface area contributed by atoms with Crippen molar-refractivity contribution in [3.8, 4) is 0 Å². The minimum absolute atomic E-state index is 0.665. The molecule has 1 heteroatoms. The normalized spacial score (nSPS) is 22.0. The second-order valence-corrected chi connectivity index (χ2v) is 5.18. The van der Waals surface area contributed by atoms with Gasteiger partial charge in [0.15, 0.2) is 0 Å². The second-order valence-electron chi connectivity index (χ2n) is 3.53. The van der Waals surface area contributed by atoms with Crippen molar-refractivity contribution in [2.24, 2.45) is 0 Å². The SMILES string of the molecule is C=C(C)C(C)SC1CCCC1. The molecule has 0 aromatic carbocycles. The average molecular weight is 170 g/mol. The Balaban J connectivity index is 2.23. The predicted molar refractivity (Wildman–Crippen MR) is 54.1 cm³/mol. The van der Waals surface area contributed by atoms with Gasteiger partial charge in [-0.25, -0.2) is 0 Å². The Morgan fingerprint density at radius 3 is 2.45 bits per heavy atom. The monoisotopic (exact) mass is 170 g/mol. The summed E-state index contributed by atoms with van der Waals surface area (Å²) in [5.74, 6) is 0. The van der Waals surface area contributed by atoms with Crippen LogP contribution in [0.2, 0.25) is 0 Å². The Kier molecular flexibility index (Phi) is 3.50. The zero-order chi connectivity index (χ0) is 8.27. The molecule has 0 heterocycles. The molecule has 0 radical (unpaired) electrons. The van der Waals surface area contributed by atoms with E-state index in [4.69, 9.17) is 0 Å². The maximum atomic E-state index is 3.98. The van der Waals surface area contributed by atoms with Crippen LogP contribution in [0.25, 0.3) is 0 Å². The maximum absolute atomic E-state index is 3.98. The average Bonchev–Trinajstić information content (AvgIpc) is 2.39. The molecular formula is C10H18S. The molecule has 1 unspecified atom stereocenters. The first kappa shape index (κ1) is 9.18. The molecule has 1 fully saturated rings. The molecule has 0 N–H and O–H groups in total. The summed E-state index contributed by atoms with van der Waals surface area (Å²) >= 11 is 2.12. The highest BCUT2D eigenvalue weighted by atomic mass is 32.2. The molecule has 0 bridgehead atoms. The Morgan fingerprint density at radius 2 is 2.00 bits per heavy atom. The van der Waals surface area contributed by atoms with Crippen molar-refractivity contribution in [2.75, 3.05) is 0 Å². The highest BCUT2D eigenvalue weighted by Gasteiger charge is 2.18. The number of hydrogen-bond acceptors (Lipinski definition) is 1. The molecule has 64 valence electrons. The van der Waals surface area contributed by atoms with E-state index in [-0.39, 0.29) is 0 Å². The standard InChI is InChI=1S/C10H18S/c1-8(2)9(3)11-10-6-4-5-7-10/h9-10H,1,4-7H2,2-3H3. The van der Waals surface area contributed by atoms with Crippen LogP contribution < -0.4 is 0 Å². The molecule has 0 aromatic rings. The topological polar surface area (TPSA) is 0 Å². The smallest absolute Gasteiger partial charge is 0.0225 e. The molecule has 1 aliphatic carbocycles. The fourth-order valence-electron chi connectivity index (χ4n) is 1.43. The molecule has 0 nitrogen and oxygen atoms in total. The first-order valence-corrected chi connectivity index (χ1v) is 5.45. The van der Waals surface area contributed by atoms with Crippen LogP contribution in [0, 0.1) is 0 Å². The van der Waals surface area contributed by atoms with Crippen LogP contribution in [-0.2, 0) is 0 Å². The van der Waals surface area contributed by atoms with Crippen LogP contribution in [0.4, 0.5) is 0 Å². The van der Waals surface area contributed by atoms with Crippen LogP contribution in [0.5, 0.6) is 0 Å². The lowest BCUT2D eigenvalue weighted by Crippen LogP contribution is -2.04. The summed E-state index contributed by atoms with van der Waals surface area (Å²) in [4.78, 5) is 0. The Hall–Kier alpha value is 0.0900. The Labute approximate surface area is 74.5 Å². The van der Waals surface area contributed by atoms with Gasteiger partial charge in [0, 0.05) is 10.5 Å². The molecule has 0 amide bonds. The molecule has 11 heavy (non-hydrogen) atoms. The Bertz CT molecular complexity index is 134. The molecule has 1 saturated carbocycles. The van der Waals surface area contributed by atoms with Crippen molar-refractivity contribution in [1.29, 1.82) is 0 Å². The van der Waals surface area contributed by atoms with Gasteiger partial charge in [-0.05, 0) is 26.7 Å². The third-order valence-electron chi connectivity index (χ3n) is 2.39. The molecule has 0 aliphatic heterocycles. The van der Waals surface area contributed by atoms with Crippen molar-refractivity contribution < 1.29 is 0 Å². The minimum Gasteiger partial charge on any atom is -0.151 e. The third-order valence-corrected chi connectivity index (χ3v) is 4.06. The van der Waals surface area contributed by atoms with Gasteiger partial charge in [-0.2, -0.15) is 11.8 Å². The Morgan fingerprint density at radius 1 is 1.45 bits per heavy atom. The van der Waals surface area contributed by atoms with E-state index in [0.717, 1.165) is 5.25 Å². The van der Waals surface area contributed by atoms with E-state index in [1.54, 1.807) is 0 Å². The number of hydrogen-bond donors (Lipinski definition) is 0. The van der Waals surface area contributed by atoms with E-state index in [2.05, 4.69) is 32.2 Å². The molecular weight excluding hydrogens is 152 g/mol. The highest BCUT2D eigenvalue weighted by Crippen LogP contribution is 2.33. The van der Waals surface area contributed by atoms with Gasteiger partial charge in [0.05, 0.1) is 0 Å².